The number of hydrogen-bond donors (Lipinski definition) is 4. The van der Waals surface area contributed by atoms with E-state index in [0.29, 0.717) is 5.56 Å². The number of benzene rings is 4. The minimum Gasteiger partial charge on any atom is -0.505 e. The van der Waals surface area contributed by atoms with E-state index in [9.17, 15) is 28.2 Å². The largest absolute Gasteiger partial charge is 0.505 e. The van der Waals surface area contributed by atoms with Gasteiger partial charge in [-0.15, -0.1) is 0 Å². The zero-order valence-electron chi connectivity index (χ0n) is 25.1. The standard InChI is InChI=1S/C35H37F3N2O3/c1-19(2)27-15-25(17-29(39-6)32(27)41)31(35(36,37)38)26-16-28(20(3)4)33(42)30(18-26)40-34(43)24-13-11-23(12-14-24)22-9-7-21(5)8-10-22/h7-20,31,39,41-42H,1-6H3,(H,40,43). The molecule has 4 rings (SSSR count). The number of nitrogens with one attached hydrogen (secondary N) is 2. The van der Waals surface area contributed by atoms with Crippen molar-refractivity contribution in [3.8, 4) is 22.6 Å². The average molecular weight is 591 g/mol. The first-order valence-electron chi connectivity index (χ1n) is 14.2. The number of phenolic OH excluding ortho intramolecular Hbond substituents is 2. The maximum absolute atomic E-state index is 14.8. The minimum atomic E-state index is -4.71. The molecular formula is C35H37F3N2O3. The van der Waals surface area contributed by atoms with E-state index in [1.165, 1.54) is 31.3 Å². The van der Waals surface area contributed by atoms with Crippen LogP contribution in [0.1, 0.15) is 83.6 Å². The summed E-state index contributed by atoms with van der Waals surface area (Å²) in [6.07, 6.45) is -4.71. The smallest absolute Gasteiger partial charge is 0.399 e. The van der Waals surface area contributed by atoms with Crippen molar-refractivity contribution >= 4 is 17.3 Å². The summed E-state index contributed by atoms with van der Waals surface area (Å²) >= 11 is 0. The second-order valence-electron chi connectivity index (χ2n) is 11.4. The maximum Gasteiger partial charge on any atom is 0.399 e. The number of anilines is 2. The lowest BCUT2D eigenvalue weighted by Gasteiger charge is -2.26. The summed E-state index contributed by atoms with van der Waals surface area (Å²) in [5.41, 5.74) is 3.83. The molecule has 0 aliphatic rings. The van der Waals surface area contributed by atoms with Crippen LogP contribution in [-0.2, 0) is 0 Å². The quantitative estimate of drug-likeness (QED) is 0.154. The van der Waals surface area contributed by atoms with Crippen molar-refractivity contribution in [1.82, 2.24) is 0 Å². The summed E-state index contributed by atoms with van der Waals surface area (Å²) in [7, 11) is 1.53. The highest BCUT2D eigenvalue weighted by atomic mass is 19.4. The van der Waals surface area contributed by atoms with Crippen LogP contribution in [0.15, 0.2) is 72.8 Å². The molecule has 0 saturated heterocycles. The first-order chi connectivity index (χ1) is 20.2. The zero-order valence-corrected chi connectivity index (χ0v) is 25.1. The van der Waals surface area contributed by atoms with Gasteiger partial charge in [-0.2, -0.15) is 13.2 Å². The molecule has 226 valence electrons. The summed E-state index contributed by atoms with van der Waals surface area (Å²) < 4.78 is 44.5. The van der Waals surface area contributed by atoms with Crippen LogP contribution in [-0.4, -0.2) is 29.3 Å². The van der Waals surface area contributed by atoms with Crippen LogP contribution >= 0.6 is 0 Å². The van der Waals surface area contributed by atoms with Gasteiger partial charge in [0.05, 0.1) is 11.4 Å². The van der Waals surface area contributed by atoms with Gasteiger partial charge in [0.15, 0.2) is 0 Å². The first kappa shape index (κ1) is 31.5. The lowest BCUT2D eigenvalue weighted by molar-refractivity contribution is -0.141. The Morgan fingerprint density at radius 3 is 1.60 bits per heavy atom. The number of aryl methyl sites for hydroxylation is 1. The van der Waals surface area contributed by atoms with E-state index in [4.69, 9.17) is 0 Å². The Morgan fingerprint density at radius 1 is 0.721 bits per heavy atom. The highest BCUT2D eigenvalue weighted by Gasteiger charge is 2.43. The summed E-state index contributed by atoms with van der Waals surface area (Å²) in [5, 5.41) is 27.1. The fourth-order valence-electron chi connectivity index (χ4n) is 5.18. The number of alkyl halides is 3. The Bertz CT molecular complexity index is 1610. The molecule has 1 atom stereocenters. The van der Waals surface area contributed by atoms with Gasteiger partial charge < -0.3 is 20.8 Å². The summed E-state index contributed by atoms with van der Waals surface area (Å²) in [6.45, 7) is 9.09. The van der Waals surface area contributed by atoms with Crippen molar-refractivity contribution in [3.05, 3.63) is 106 Å². The van der Waals surface area contributed by atoms with Gasteiger partial charge >= 0.3 is 6.18 Å². The van der Waals surface area contributed by atoms with Crippen molar-refractivity contribution in [2.75, 3.05) is 17.7 Å². The van der Waals surface area contributed by atoms with Gasteiger partial charge in [-0.25, -0.2) is 0 Å². The Kier molecular flexibility index (Phi) is 9.09. The molecule has 4 N–H and O–H groups in total. The lowest BCUT2D eigenvalue weighted by Crippen LogP contribution is -2.23. The molecule has 43 heavy (non-hydrogen) atoms. The monoisotopic (exact) mass is 590 g/mol. The van der Waals surface area contributed by atoms with Crippen LogP contribution in [0.5, 0.6) is 11.5 Å². The number of halogens is 3. The molecule has 1 amide bonds. The molecule has 8 heteroatoms. The predicted octanol–water partition coefficient (Wildman–Crippen LogP) is 9.31. The highest BCUT2D eigenvalue weighted by molar-refractivity contribution is 6.05. The van der Waals surface area contributed by atoms with Crippen molar-refractivity contribution < 1.29 is 28.2 Å². The number of amides is 1. The number of carbonyl (C=O) groups is 1. The van der Waals surface area contributed by atoms with Gasteiger partial charge in [-0.1, -0.05) is 81.8 Å². The third kappa shape index (κ3) is 6.79. The van der Waals surface area contributed by atoms with E-state index < -0.39 is 18.0 Å². The number of phenols is 2. The molecule has 0 radical (unpaired) electrons. The lowest BCUT2D eigenvalue weighted by atomic mass is 9.85. The first-order valence-corrected chi connectivity index (χ1v) is 14.2. The number of aromatic hydroxyl groups is 2. The highest BCUT2D eigenvalue weighted by Crippen LogP contribution is 2.47. The number of carbonyl (C=O) groups excluding carboxylic acids is 1. The van der Waals surface area contributed by atoms with E-state index in [2.05, 4.69) is 10.6 Å². The molecule has 4 aromatic carbocycles. The summed E-state index contributed by atoms with van der Waals surface area (Å²) in [6, 6.07) is 20.0. The topological polar surface area (TPSA) is 81.6 Å². The molecule has 0 saturated carbocycles. The fraction of sp³-hybridized carbons (Fsp3) is 0.286. The van der Waals surface area contributed by atoms with E-state index >= 15 is 0 Å². The fourth-order valence-corrected chi connectivity index (χ4v) is 5.18. The van der Waals surface area contributed by atoms with Crippen LogP contribution < -0.4 is 10.6 Å². The predicted molar refractivity (Wildman–Crippen MR) is 166 cm³/mol. The Labute approximate surface area is 250 Å². The zero-order chi connectivity index (χ0) is 31.6. The Hall–Kier alpha value is -4.46. The van der Waals surface area contributed by atoms with Gasteiger partial charge in [0, 0.05) is 12.6 Å². The van der Waals surface area contributed by atoms with E-state index in [0.717, 1.165) is 16.7 Å². The van der Waals surface area contributed by atoms with Crippen LogP contribution in [0.25, 0.3) is 11.1 Å². The molecule has 1 unspecified atom stereocenters. The molecule has 4 aromatic rings. The van der Waals surface area contributed by atoms with Crippen LogP contribution in [0.3, 0.4) is 0 Å². The average Bonchev–Trinajstić information content (AvgIpc) is 2.94. The number of hydrogen-bond acceptors (Lipinski definition) is 4. The molecule has 5 nitrogen and oxygen atoms in total. The SMILES string of the molecule is CNc1cc(C(c2cc(NC(=O)c3ccc(-c4ccc(C)cc4)cc3)c(O)c(C(C)C)c2)C(F)(F)F)cc(C(C)C)c1O. The van der Waals surface area contributed by atoms with E-state index in [-0.39, 0.29) is 57.0 Å². The molecule has 0 fully saturated rings. The number of rotatable bonds is 8. The van der Waals surface area contributed by atoms with Gasteiger partial charge in [0.2, 0.25) is 0 Å². The van der Waals surface area contributed by atoms with Gasteiger partial charge in [-0.3, -0.25) is 4.79 Å². The molecule has 0 aliphatic carbocycles. The van der Waals surface area contributed by atoms with E-state index in [1.807, 2.05) is 31.2 Å². The van der Waals surface area contributed by atoms with Crippen LogP contribution in [0, 0.1) is 6.92 Å². The molecule has 0 heterocycles. The Morgan fingerprint density at radius 2 is 1.16 bits per heavy atom. The summed E-state index contributed by atoms with van der Waals surface area (Å²) in [4.78, 5) is 13.2. The minimum absolute atomic E-state index is 0.0669. The molecule has 0 spiro atoms. The Balaban J connectivity index is 1.77. The normalized spacial score (nSPS) is 12.4. The van der Waals surface area contributed by atoms with Gasteiger partial charge in [0.1, 0.15) is 17.4 Å². The third-order valence-corrected chi connectivity index (χ3v) is 7.61. The maximum atomic E-state index is 14.8. The molecule has 0 aliphatic heterocycles. The third-order valence-electron chi connectivity index (χ3n) is 7.61. The second kappa shape index (κ2) is 12.4. The van der Waals surface area contributed by atoms with Crippen molar-refractivity contribution in [1.29, 1.82) is 0 Å². The molecular weight excluding hydrogens is 553 g/mol. The second-order valence-corrected chi connectivity index (χ2v) is 11.4. The summed E-state index contributed by atoms with van der Waals surface area (Å²) in [5.74, 6) is -3.60. The van der Waals surface area contributed by atoms with Gasteiger partial charge in [0.25, 0.3) is 5.91 Å². The van der Waals surface area contributed by atoms with Crippen molar-refractivity contribution in [3.63, 3.8) is 0 Å². The van der Waals surface area contributed by atoms with Gasteiger partial charge in [-0.05, 0) is 76.4 Å². The molecule has 0 bridgehead atoms. The van der Waals surface area contributed by atoms with Crippen molar-refractivity contribution in [2.24, 2.45) is 0 Å². The van der Waals surface area contributed by atoms with E-state index in [1.54, 1.807) is 52.0 Å². The molecule has 0 aromatic heterocycles. The van der Waals surface area contributed by atoms with Crippen LogP contribution in [0.2, 0.25) is 0 Å². The van der Waals surface area contributed by atoms with Crippen molar-refractivity contribution in [2.45, 2.75) is 58.5 Å². The van der Waals surface area contributed by atoms with Crippen LogP contribution in [0.4, 0.5) is 24.5 Å².